The minimum Gasteiger partial charge on any atom is -0.483 e. The van der Waals surface area contributed by atoms with Crippen molar-refractivity contribution in [3.63, 3.8) is 0 Å². The van der Waals surface area contributed by atoms with Crippen LogP contribution in [0.4, 0.5) is 5.69 Å². The van der Waals surface area contributed by atoms with Crippen LogP contribution in [0.2, 0.25) is 0 Å². The van der Waals surface area contributed by atoms with Crippen molar-refractivity contribution >= 4 is 34.9 Å². The second kappa shape index (κ2) is 15.4. The predicted octanol–water partition coefficient (Wildman–Crippen LogP) is 3.10. The van der Waals surface area contributed by atoms with Crippen LogP contribution in [0.15, 0.2) is 54.7 Å². The molecule has 0 saturated carbocycles. The van der Waals surface area contributed by atoms with Crippen LogP contribution < -0.4 is 15.5 Å². The summed E-state index contributed by atoms with van der Waals surface area (Å²) in [6.07, 6.45) is 5.36. The Labute approximate surface area is 246 Å². The van der Waals surface area contributed by atoms with Crippen LogP contribution in [0.5, 0.6) is 0 Å². The minimum atomic E-state index is -0.787. The number of aryl methyl sites for hydroxylation is 1. The molecule has 2 fully saturated rings. The second-order valence-electron chi connectivity index (χ2n) is 10.6. The van der Waals surface area contributed by atoms with Crippen molar-refractivity contribution in [2.24, 2.45) is 0 Å². The van der Waals surface area contributed by atoms with E-state index in [1.54, 1.807) is 17.2 Å². The smallest absolute Gasteiger partial charge is 0.290 e. The molecule has 0 aliphatic carbocycles. The predicted molar refractivity (Wildman–Crippen MR) is 161 cm³/mol. The van der Waals surface area contributed by atoms with Gasteiger partial charge in [-0.2, -0.15) is 0 Å². The number of aromatic nitrogens is 1. The summed E-state index contributed by atoms with van der Waals surface area (Å²) >= 11 is 0. The van der Waals surface area contributed by atoms with E-state index >= 15 is 0 Å². The van der Waals surface area contributed by atoms with Crippen LogP contribution in [-0.4, -0.2) is 78.0 Å². The van der Waals surface area contributed by atoms with E-state index in [1.807, 2.05) is 42.5 Å². The van der Waals surface area contributed by atoms with E-state index in [0.717, 1.165) is 60.9 Å². The van der Waals surface area contributed by atoms with Gasteiger partial charge in [-0.15, -0.1) is 0 Å². The van der Waals surface area contributed by atoms with Gasteiger partial charge < -0.3 is 30.5 Å². The molecule has 4 N–H and O–H groups in total. The van der Waals surface area contributed by atoms with E-state index in [1.165, 1.54) is 0 Å². The van der Waals surface area contributed by atoms with Gasteiger partial charge >= 0.3 is 0 Å². The molecular weight excluding hydrogens is 536 g/mol. The summed E-state index contributed by atoms with van der Waals surface area (Å²) in [6.45, 7) is 4.24. The number of benzene rings is 2. The van der Waals surface area contributed by atoms with Gasteiger partial charge in [-0.25, -0.2) is 0 Å². The topological polar surface area (TPSA) is 141 Å². The number of anilines is 1. The summed E-state index contributed by atoms with van der Waals surface area (Å²) in [5.41, 5.74) is 3.98. The molecule has 3 heterocycles. The van der Waals surface area contributed by atoms with Crippen molar-refractivity contribution in [3.8, 4) is 0 Å². The number of nitrogens with one attached hydrogen (secondary N) is 2. The number of aliphatic hydroxyl groups is 1. The summed E-state index contributed by atoms with van der Waals surface area (Å²) < 4.78 is 5.45. The highest BCUT2D eigenvalue weighted by Crippen LogP contribution is 2.32. The molecule has 1 aromatic heterocycles. The van der Waals surface area contributed by atoms with Gasteiger partial charge in [0, 0.05) is 55.9 Å². The lowest BCUT2D eigenvalue weighted by Gasteiger charge is -2.29. The molecule has 5 rings (SSSR count). The number of rotatable bonds is 10. The van der Waals surface area contributed by atoms with Crippen molar-refractivity contribution in [1.29, 1.82) is 0 Å². The molecule has 42 heavy (non-hydrogen) atoms. The fourth-order valence-electron chi connectivity index (χ4n) is 5.57. The van der Waals surface area contributed by atoms with Crippen LogP contribution >= 0.6 is 0 Å². The zero-order valence-electron chi connectivity index (χ0n) is 24.0. The van der Waals surface area contributed by atoms with E-state index < -0.39 is 12.1 Å². The first-order valence-electron chi connectivity index (χ1n) is 14.6. The molecule has 0 spiro atoms. The average molecular weight is 577 g/mol. The van der Waals surface area contributed by atoms with Crippen LogP contribution in [0.25, 0.3) is 10.9 Å². The molecular formula is C32H40N4O6. The number of hydrogen-bond donors (Lipinski definition) is 4. The fourth-order valence-corrected chi connectivity index (χ4v) is 5.57. The van der Waals surface area contributed by atoms with Crippen molar-refractivity contribution < 1.29 is 29.3 Å². The number of fused-ring (bicyclic) bond motifs is 1. The highest BCUT2D eigenvalue weighted by atomic mass is 16.5. The third-order valence-electron chi connectivity index (χ3n) is 7.84. The number of carboxylic acid groups (broad SMARTS) is 1. The van der Waals surface area contributed by atoms with Gasteiger partial charge in [0.25, 0.3) is 12.4 Å². The van der Waals surface area contributed by atoms with E-state index in [9.17, 15) is 14.7 Å². The fraction of sp³-hybridized carbons (Fsp3) is 0.438. The number of pyridine rings is 1. The van der Waals surface area contributed by atoms with Gasteiger partial charge in [0.15, 0.2) is 0 Å². The lowest BCUT2D eigenvalue weighted by Crippen LogP contribution is -2.50. The SMILES string of the molecule is CCc1ccnc2c(N3CCCC3=O)cc(C(=O)N[C@@H](Cc3ccccc3)[C@H](O)CNC3CCOCC3)cc12.O=CO. The van der Waals surface area contributed by atoms with Gasteiger partial charge in [-0.3, -0.25) is 19.4 Å². The Hall–Kier alpha value is -3.86. The van der Waals surface area contributed by atoms with Crippen molar-refractivity contribution in [2.75, 3.05) is 31.2 Å². The molecule has 0 bridgehead atoms. The Bertz CT molecular complexity index is 1350. The molecule has 10 nitrogen and oxygen atoms in total. The monoisotopic (exact) mass is 576 g/mol. The number of nitrogens with zero attached hydrogens (tertiary/aromatic N) is 2. The lowest BCUT2D eigenvalue weighted by atomic mass is 9.98. The molecule has 2 amide bonds. The van der Waals surface area contributed by atoms with Crippen LogP contribution in [0.1, 0.15) is 54.1 Å². The summed E-state index contributed by atoms with van der Waals surface area (Å²) in [7, 11) is 0. The van der Waals surface area contributed by atoms with Crippen molar-refractivity contribution in [3.05, 3.63) is 71.4 Å². The molecule has 2 aromatic carbocycles. The number of aliphatic hydroxyl groups excluding tert-OH is 1. The first-order chi connectivity index (χ1) is 20.4. The number of amides is 2. The second-order valence-corrected chi connectivity index (χ2v) is 10.6. The molecule has 0 radical (unpaired) electrons. The van der Waals surface area contributed by atoms with Crippen LogP contribution in [0, 0.1) is 0 Å². The molecule has 2 aliphatic rings. The third-order valence-corrected chi connectivity index (χ3v) is 7.84. The zero-order valence-corrected chi connectivity index (χ0v) is 24.0. The Balaban J connectivity index is 0.00000129. The van der Waals surface area contributed by atoms with Gasteiger partial charge in [0.05, 0.1) is 23.3 Å². The van der Waals surface area contributed by atoms with E-state index in [0.29, 0.717) is 43.2 Å². The van der Waals surface area contributed by atoms with Crippen molar-refractivity contribution in [1.82, 2.24) is 15.6 Å². The number of carbonyl (C=O) groups excluding carboxylic acids is 2. The van der Waals surface area contributed by atoms with Crippen LogP contribution in [0.3, 0.4) is 0 Å². The minimum absolute atomic E-state index is 0.0501. The highest BCUT2D eigenvalue weighted by molar-refractivity contribution is 6.08. The van der Waals surface area contributed by atoms with Gasteiger partial charge in [0.1, 0.15) is 0 Å². The van der Waals surface area contributed by atoms with Crippen LogP contribution in [-0.2, 0) is 27.2 Å². The molecule has 2 aliphatic heterocycles. The van der Waals surface area contributed by atoms with Gasteiger partial charge in [-0.1, -0.05) is 37.3 Å². The largest absolute Gasteiger partial charge is 0.483 e. The molecule has 2 atom stereocenters. The lowest BCUT2D eigenvalue weighted by molar-refractivity contribution is -0.123. The first kappa shape index (κ1) is 31.1. The highest BCUT2D eigenvalue weighted by Gasteiger charge is 2.28. The Morgan fingerprint density at radius 3 is 2.60 bits per heavy atom. The van der Waals surface area contributed by atoms with E-state index in [-0.39, 0.29) is 18.3 Å². The molecule has 224 valence electrons. The summed E-state index contributed by atoms with van der Waals surface area (Å²) in [5, 5.41) is 25.6. The molecule has 2 saturated heterocycles. The number of carbonyl (C=O) groups is 3. The maximum Gasteiger partial charge on any atom is 0.290 e. The summed E-state index contributed by atoms with van der Waals surface area (Å²) in [5.74, 6) is -0.226. The van der Waals surface area contributed by atoms with Gasteiger partial charge in [0.2, 0.25) is 5.91 Å². The zero-order chi connectivity index (χ0) is 29.9. The normalized spacial score (nSPS) is 16.9. The standard InChI is InChI=1S/C31H38N4O4.CH2O2/c1-2-22-10-13-32-30-25(22)18-23(19-27(30)35-14-6-9-29(35)37)31(38)34-26(17-21-7-4-3-5-8-21)28(36)20-33-24-11-15-39-16-12-24;2-1-3/h3-5,7-8,10,13,18-19,24,26,28,33,36H,2,6,9,11-12,14-17,20H2,1H3,(H,34,38);1H,(H,2,3)/t26-,28+;/m0./s1. The summed E-state index contributed by atoms with van der Waals surface area (Å²) in [6, 6.07) is 15.3. The van der Waals surface area contributed by atoms with E-state index in [4.69, 9.17) is 14.6 Å². The summed E-state index contributed by atoms with van der Waals surface area (Å²) in [4.78, 5) is 41.2. The maximum absolute atomic E-state index is 13.8. The third kappa shape index (κ3) is 7.90. The number of ether oxygens (including phenoxy) is 1. The Kier molecular flexibility index (Phi) is 11.4. The Morgan fingerprint density at radius 2 is 1.93 bits per heavy atom. The molecule has 0 unspecified atom stereocenters. The Morgan fingerprint density at radius 1 is 1.19 bits per heavy atom. The van der Waals surface area contributed by atoms with Gasteiger partial charge in [-0.05, 0) is 61.4 Å². The first-order valence-corrected chi connectivity index (χ1v) is 14.6. The van der Waals surface area contributed by atoms with Crippen molar-refractivity contribution in [2.45, 2.75) is 63.6 Å². The molecule has 3 aromatic rings. The quantitative estimate of drug-likeness (QED) is 0.270. The average Bonchev–Trinajstić information content (AvgIpc) is 3.45. The molecule has 10 heteroatoms. The maximum atomic E-state index is 13.8. The number of hydrogen-bond acceptors (Lipinski definition) is 7. The van der Waals surface area contributed by atoms with E-state index in [2.05, 4.69) is 22.5 Å².